The number of aromatic nitrogens is 3. The highest BCUT2D eigenvalue weighted by atomic mass is 32.1. The highest BCUT2D eigenvalue weighted by molar-refractivity contribution is 7.25. The van der Waals surface area contributed by atoms with Crippen molar-refractivity contribution in [2.75, 3.05) is 0 Å². The van der Waals surface area contributed by atoms with Crippen molar-refractivity contribution in [2.45, 2.75) is 0 Å². The van der Waals surface area contributed by atoms with Gasteiger partial charge in [0, 0.05) is 36.9 Å². The Morgan fingerprint density at radius 2 is 0.694 bits per heavy atom. The summed E-state index contributed by atoms with van der Waals surface area (Å²) in [5, 5.41) is 2.58. The summed E-state index contributed by atoms with van der Waals surface area (Å²) in [6, 6.07) is 61.7. The quantitative estimate of drug-likeness (QED) is 0.181. The number of thiophene rings is 1. The minimum absolute atomic E-state index is 0.647. The third-order valence-electron chi connectivity index (χ3n) is 8.95. The van der Waals surface area contributed by atoms with Gasteiger partial charge in [0.1, 0.15) is 0 Å². The number of fused-ring (bicyclic) bond motifs is 3. The lowest BCUT2D eigenvalue weighted by atomic mass is 10.00. The van der Waals surface area contributed by atoms with Crippen LogP contribution in [0, 0.1) is 0 Å². The molecule has 0 saturated heterocycles. The molecule has 0 radical (unpaired) electrons. The number of hydrogen-bond acceptors (Lipinski definition) is 4. The molecule has 2 aromatic heterocycles. The molecule has 3 nitrogen and oxygen atoms in total. The smallest absolute Gasteiger partial charge is 0.164 e. The number of hydrogen-bond donors (Lipinski definition) is 0. The van der Waals surface area contributed by atoms with Gasteiger partial charge >= 0.3 is 0 Å². The van der Waals surface area contributed by atoms with Crippen LogP contribution in [0.5, 0.6) is 0 Å². The molecule has 0 spiro atoms. The average molecular weight is 644 g/mol. The van der Waals surface area contributed by atoms with Gasteiger partial charge in [-0.25, -0.2) is 15.0 Å². The zero-order valence-electron chi connectivity index (χ0n) is 26.5. The van der Waals surface area contributed by atoms with Crippen LogP contribution in [0.4, 0.5) is 0 Å². The molecule has 230 valence electrons. The molecule has 0 fully saturated rings. The third-order valence-corrected chi connectivity index (χ3v) is 10.1. The molecule has 2 heterocycles. The summed E-state index contributed by atoms with van der Waals surface area (Å²) in [7, 11) is 0. The molecule has 0 unspecified atom stereocenters. The second kappa shape index (κ2) is 12.4. The van der Waals surface area contributed by atoms with E-state index in [1.807, 2.05) is 47.7 Å². The van der Waals surface area contributed by atoms with Crippen LogP contribution in [0.3, 0.4) is 0 Å². The molecule has 0 saturated carbocycles. The van der Waals surface area contributed by atoms with Gasteiger partial charge in [-0.15, -0.1) is 11.3 Å². The minimum atomic E-state index is 0.647. The molecule has 4 heteroatoms. The minimum Gasteiger partial charge on any atom is -0.208 e. The van der Waals surface area contributed by atoms with Gasteiger partial charge in [-0.1, -0.05) is 152 Å². The second-order valence-corrected chi connectivity index (χ2v) is 13.2. The molecular weight excluding hydrogens is 615 g/mol. The molecule has 49 heavy (non-hydrogen) atoms. The fraction of sp³-hybridized carbons (Fsp3) is 0. The lowest BCUT2D eigenvalue weighted by molar-refractivity contribution is 1.07. The molecule has 7 aromatic carbocycles. The molecule has 0 aliphatic rings. The molecule has 0 N–H and O–H groups in total. The fourth-order valence-electron chi connectivity index (χ4n) is 6.40. The lowest BCUT2D eigenvalue weighted by Crippen LogP contribution is -2.00. The molecule has 0 amide bonds. The van der Waals surface area contributed by atoms with E-state index in [0.29, 0.717) is 17.5 Å². The summed E-state index contributed by atoms with van der Waals surface area (Å²) >= 11 is 1.84. The van der Waals surface area contributed by atoms with Crippen molar-refractivity contribution in [2.24, 2.45) is 0 Å². The first-order valence-electron chi connectivity index (χ1n) is 16.4. The van der Waals surface area contributed by atoms with Gasteiger partial charge in [-0.2, -0.15) is 0 Å². The van der Waals surface area contributed by atoms with Crippen molar-refractivity contribution in [1.29, 1.82) is 0 Å². The fourth-order valence-corrected chi connectivity index (χ4v) is 7.52. The van der Waals surface area contributed by atoms with Crippen molar-refractivity contribution in [3.8, 4) is 67.5 Å². The van der Waals surface area contributed by atoms with Gasteiger partial charge < -0.3 is 0 Å². The van der Waals surface area contributed by atoms with E-state index in [1.165, 1.54) is 42.4 Å². The summed E-state index contributed by atoms with van der Waals surface area (Å²) in [5.74, 6) is 1.95. The molecule has 0 atom stereocenters. The summed E-state index contributed by atoms with van der Waals surface area (Å²) in [6.45, 7) is 0. The Morgan fingerprint density at radius 3 is 1.37 bits per heavy atom. The van der Waals surface area contributed by atoms with E-state index in [-0.39, 0.29) is 0 Å². The van der Waals surface area contributed by atoms with Gasteiger partial charge in [0.15, 0.2) is 17.5 Å². The number of benzene rings is 7. The summed E-state index contributed by atoms with van der Waals surface area (Å²) in [5.41, 5.74) is 9.94. The van der Waals surface area contributed by atoms with Crippen LogP contribution < -0.4 is 0 Å². The monoisotopic (exact) mass is 643 g/mol. The van der Waals surface area contributed by atoms with Crippen LogP contribution in [0.2, 0.25) is 0 Å². The predicted octanol–water partition coefficient (Wildman–Crippen LogP) is 12.2. The maximum absolute atomic E-state index is 5.03. The van der Waals surface area contributed by atoms with Crippen molar-refractivity contribution >= 4 is 31.5 Å². The SMILES string of the molecule is c1ccc(-c2ccc(-c3nc(-c4ccccc4)nc(-c4cccc(-c5ccc6c(c5)sc5ccc(-c7ccccc7)cc56)c4)n3)cc2)cc1. The topological polar surface area (TPSA) is 38.7 Å². The van der Waals surface area contributed by atoms with Crippen molar-refractivity contribution < 1.29 is 0 Å². The van der Waals surface area contributed by atoms with Gasteiger partial charge in [0.2, 0.25) is 0 Å². The maximum atomic E-state index is 5.03. The van der Waals surface area contributed by atoms with Crippen LogP contribution in [0.1, 0.15) is 0 Å². The second-order valence-electron chi connectivity index (χ2n) is 12.1. The zero-order chi connectivity index (χ0) is 32.6. The summed E-state index contributed by atoms with van der Waals surface area (Å²) in [6.07, 6.45) is 0. The lowest BCUT2D eigenvalue weighted by Gasteiger charge is -2.10. The van der Waals surface area contributed by atoms with Gasteiger partial charge in [-0.05, 0) is 57.6 Å². The van der Waals surface area contributed by atoms with E-state index in [9.17, 15) is 0 Å². The Bertz CT molecular complexity index is 2580. The Balaban J connectivity index is 1.10. The molecule has 9 rings (SSSR count). The molecule has 9 aromatic rings. The third kappa shape index (κ3) is 5.69. The van der Waals surface area contributed by atoms with Gasteiger partial charge in [-0.3, -0.25) is 0 Å². The highest BCUT2D eigenvalue weighted by Gasteiger charge is 2.14. The molecule has 0 bridgehead atoms. The maximum Gasteiger partial charge on any atom is 0.164 e. The van der Waals surface area contributed by atoms with Crippen LogP contribution in [0.25, 0.3) is 87.7 Å². The zero-order valence-corrected chi connectivity index (χ0v) is 27.3. The van der Waals surface area contributed by atoms with Crippen LogP contribution >= 0.6 is 11.3 Å². The van der Waals surface area contributed by atoms with E-state index in [4.69, 9.17) is 15.0 Å². The Labute approximate surface area is 288 Å². The van der Waals surface area contributed by atoms with Gasteiger partial charge in [0.25, 0.3) is 0 Å². The largest absolute Gasteiger partial charge is 0.208 e. The van der Waals surface area contributed by atoms with Crippen LogP contribution in [-0.2, 0) is 0 Å². The van der Waals surface area contributed by atoms with Crippen molar-refractivity contribution in [3.05, 3.63) is 176 Å². The van der Waals surface area contributed by atoms with E-state index in [1.54, 1.807) is 0 Å². The van der Waals surface area contributed by atoms with E-state index >= 15 is 0 Å². The first kappa shape index (κ1) is 29.0. The normalized spacial score (nSPS) is 11.3. The van der Waals surface area contributed by atoms with E-state index in [2.05, 4.69) is 140 Å². The van der Waals surface area contributed by atoms with Crippen molar-refractivity contribution in [3.63, 3.8) is 0 Å². The highest BCUT2D eigenvalue weighted by Crippen LogP contribution is 2.39. The van der Waals surface area contributed by atoms with Crippen LogP contribution in [0.15, 0.2) is 176 Å². The number of rotatable bonds is 6. The molecule has 0 aliphatic carbocycles. The Hall–Kier alpha value is -6.23. The summed E-state index contributed by atoms with van der Waals surface area (Å²) < 4.78 is 2.57. The summed E-state index contributed by atoms with van der Waals surface area (Å²) in [4.78, 5) is 15.0. The Morgan fingerprint density at radius 1 is 0.265 bits per heavy atom. The Kier molecular flexibility index (Phi) is 7.34. The molecule has 0 aliphatic heterocycles. The van der Waals surface area contributed by atoms with E-state index < -0.39 is 0 Å². The molecular formula is C45H29N3S. The number of nitrogens with zero attached hydrogens (tertiary/aromatic N) is 3. The first-order valence-corrected chi connectivity index (χ1v) is 17.2. The van der Waals surface area contributed by atoms with Crippen molar-refractivity contribution in [1.82, 2.24) is 15.0 Å². The van der Waals surface area contributed by atoms with E-state index in [0.717, 1.165) is 27.8 Å². The average Bonchev–Trinajstić information content (AvgIpc) is 3.56. The van der Waals surface area contributed by atoms with Crippen LogP contribution in [-0.4, -0.2) is 15.0 Å². The first-order chi connectivity index (χ1) is 24.2. The van der Waals surface area contributed by atoms with Gasteiger partial charge in [0.05, 0.1) is 0 Å². The predicted molar refractivity (Wildman–Crippen MR) is 205 cm³/mol. The standard InChI is InChI=1S/C45H29N3S/c1-4-11-30(12-5-1)32-19-21-34(22-20-32)44-46-43(33-15-8-3-9-16-33)47-45(48-44)38-18-10-17-35(27-38)37-23-25-39-40-28-36(31-13-6-2-7-14-31)24-26-41(40)49-42(39)29-37/h1-29H.